The lowest BCUT2D eigenvalue weighted by molar-refractivity contribution is 0.200. The van der Waals surface area contributed by atoms with Crippen molar-refractivity contribution in [1.82, 2.24) is 4.98 Å². The fraction of sp³-hybridized carbons (Fsp3) is 0.222. The predicted molar refractivity (Wildman–Crippen MR) is 132 cm³/mol. The van der Waals surface area contributed by atoms with Crippen LogP contribution in [0.1, 0.15) is 36.8 Å². The van der Waals surface area contributed by atoms with Crippen LogP contribution < -0.4 is 14.8 Å². The number of hydrogen-bond acceptors (Lipinski definition) is 6. The first kappa shape index (κ1) is 23.9. The number of ether oxygens (including phenoxy) is 2. The van der Waals surface area contributed by atoms with Crippen LogP contribution in [-0.2, 0) is 0 Å². The van der Waals surface area contributed by atoms with Crippen LogP contribution in [0.15, 0.2) is 59.7 Å². The van der Waals surface area contributed by atoms with Gasteiger partial charge in [-0.05, 0) is 56.0 Å². The minimum Gasteiger partial charge on any atom is -0.493 e. The average molecular weight is 475 g/mol. The zero-order valence-electron chi connectivity index (χ0n) is 19.2. The van der Waals surface area contributed by atoms with Gasteiger partial charge < -0.3 is 14.8 Å². The summed E-state index contributed by atoms with van der Waals surface area (Å²) in [6.07, 6.45) is 10.9. The maximum absolute atomic E-state index is 14.0. The van der Waals surface area contributed by atoms with Crippen molar-refractivity contribution in [3.8, 4) is 17.6 Å². The molecule has 0 atom stereocenters. The lowest BCUT2D eigenvalue weighted by Crippen LogP contribution is -2.12. The van der Waals surface area contributed by atoms with Gasteiger partial charge in [-0.15, -0.1) is 0 Å². The van der Waals surface area contributed by atoms with Gasteiger partial charge in [0.2, 0.25) is 0 Å². The Kier molecular flexibility index (Phi) is 7.68. The molecular formula is C27H24F2N4O2. The van der Waals surface area contributed by atoms with E-state index >= 15 is 0 Å². The molecule has 0 spiro atoms. The maximum Gasteiger partial charge on any atom is 0.168 e. The largest absolute Gasteiger partial charge is 0.493 e. The molecule has 2 aromatic carbocycles. The van der Waals surface area contributed by atoms with E-state index in [4.69, 9.17) is 9.47 Å². The number of methoxy groups -OCH3 is 1. The number of aliphatic imine (C=N–C) groups is 1. The number of aromatic nitrogens is 1. The van der Waals surface area contributed by atoms with Gasteiger partial charge in [0.05, 0.1) is 30.2 Å². The molecular weight excluding hydrogens is 450 g/mol. The van der Waals surface area contributed by atoms with Crippen LogP contribution in [0.4, 0.5) is 26.0 Å². The van der Waals surface area contributed by atoms with E-state index in [1.165, 1.54) is 12.4 Å². The standard InChI is InChI=1S/C27H24F2N4O2/c1-34-25-12-4-7-18(26(25)35-20-10-2-3-11-20)8-5-13-31-23-15-21(28)22(29)16-24(23)33-27-19(17-30)9-6-14-32-27/h4-9,12-16,20H,2-3,10-11H2,1H3,(H,32,33)/b8-5+,31-13?. The summed E-state index contributed by atoms with van der Waals surface area (Å²) in [7, 11) is 1.60. The summed E-state index contributed by atoms with van der Waals surface area (Å²) in [5, 5.41) is 12.1. The van der Waals surface area contributed by atoms with Gasteiger partial charge in [0.1, 0.15) is 11.9 Å². The molecule has 0 aliphatic heterocycles. The molecule has 0 saturated heterocycles. The van der Waals surface area contributed by atoms with Crippen molar-refractivity contribution in [3.05, 3.63) is 77.5 Å². The zero-order valence-corrected chi connectivity index (χ0v) is 19.2. The van der Waals surface area contributed by atoms with Crippen LogP contribution in [0.2, 0.25) is 0 Å². The SMILES string of the molecule is COc1cccc(/C=C/C=Nc2cc(F)c(F)cc2Nc2ncccc2C#N)c1OC1CCCC1. The molecule has 0 unspecified atom stereocenters. The van der Waals surface area contributed by atoms with Crippen LogP contribution in [-0.4, -0.2) is 24.4 Å². The smallest absolute Gasteiger partial charge is 0.168 e. The molecule has 1 saturated carbocycles. The molecule has 1 heterocycles. The van der Waals surface area contributed by atoms with E-state index in [0.29, 0.717) is 11.5 Å². The van der Waals surface area contributed by atoms with E-state index in [1.807, 2.05) is 30.3 Å². The summed E-state index contributed by atoms with van der Waals surface area (Å²) in [6, 6.07) is 12.8. The van der Waals surface area contributed by atoms with E-state index in [2.05, 4.69) is 15.3 Å². The third kappa shape index (κ3) is 5.82. The highest BCUT2D eigenvalue weighted by atomic mass is 19.2. The van der Waals surface area contributed by atoms with Crippen molar-refractivity contribution in [2.24, 2.45) is 4.99 Å². The Bertz CT molecular complexity index is 1290. The number of nitriles is 1. The van der Waals surface area contributed by atoms with Crippen LogP contribution in [0.3, 0.4) is 0 Å². The molecule has 1 aliphatic rings. The average Bonchev–Trinajstić information content (AvgIpc) is 3.39. The quantitative estimate of drug-likeness (QED) is 0.367. The first-order chi connectivity index (χ1) is 17.1. The Morgan fingerprint density at radius 1 is 1.14 bits per heavy atom. The van der Waals surface area contributed by atoms with E-state index in [1.54, 1.807) is 25.3 Å². The number of anilines is 2. The number of benzene rings is 2. The topological polar surface area (TPSA) is 79.5 Å². The van der Waals surface area contributed by atoms with E-state index in [9.17, 15) is 14.0 Å². The summed E-state index contributed by atoms with van der Waals surface area (Å²) >= 11 is 0. The number of pyridine rings is 1. The molecule has 178 valence electrons. The van der Waals surface area contributed by atoms with Crippen molar-refractivity contribution < 1.29 is 18.3 Å². The predicted octanol–water partition coefficient (Wildman–Crippen LogP) is 6.72. The molecule has 3 aromatic rings. The normalized spacial score (nSPS) is 13.9. The van der Waals surface area contributed by atoms with Crippen LogP contribution >= 0.6 is 0 Å². The molecule has 1 fully saturated rings. The van der Waals surface area contributed by atoms with Crippen molar-refractivity contribution in [2.45, 2.75) is 31.8 Å². The number of allylic oxidation sites excluding steroid dienone is 1. The molecule has 0 radical (unpaired) electrons. The van der Waals surface area contributed by atoms with Gasteiger partial charge in [-0.3, -0.25) is 4.99 Å². The summed E-state index contributed by atoms with van der Waals surface area (Å²) in [6.45, 7) is 0. The third-order valence-electron chi connectivity index (χ3n) is 5.61. The lowest BCUT2D eigenvalue weighted by atomic mass is 10.1. The monoisotopic (exact) mass is 474 g/mol. The molecule has 1 aliphatic carbocycles. The van der Waals surface area contributed by atoms with Crippen LogP contribution in [0.5, 0.6) is 11.5 Å². The highest BCUT2D eigenvalue weighted by molar-refractivity contribution is 5.84. The Labute approximate surface area is 202 Å². The number of nitrogens with zero attached hydrogens (tertiary/aromatic N) is 3. The molecule has 35 heavy (non-hydrogen) atoms. The van der Waals surface area contributed by atoms with Gasteiger partial charge in [0, 0.05) is 30.1 Å². The minimum absolute atomic E-state index is 0.149. The summed E-state index contributed by atoms with van der Waals surface area (Å²) in [5.41, 5.74) is 1.41. The first-order valence-corrected chi connectivity index (χ1v) is 11.2. The zero-order chi connectivity index (χ0) is 24.6. The van der Waals surface area contributed by atoms with Crippen LogP contribution in [0.25, 0.3) is 6.08 Å². The van der Waals surface area contributed by atoms with Crippen molar-refractivity contribution in [3.63, 3.8) is 0 Å². The summed E-state index contributed by atoms with van der Waals surface area (Å²) < 4.78 is 39.6. The Morgan fingerprint density at radius 2 is 1.94 bits per heavy atom. The van der Waals surface area contributed by atoms with Crippen molar-refractivity contribution in [2.75, 3.05) is 12.4 Å². The van der Waals surface area contributed by atoms with Gasteiger partial charge in [-0.25, -0.2) is 13.8 Å². The third-order valence-corrected chi connectivity index (χ3v) is 5.61. The molecule has 4 rings (SSSR count). The second-order valence-corrected chi connectivity index (χ2v) is 7.96. The number of para-hydroxylation sites is 1. The number of rotatable bonds is 8. The molecule has 1 aromatic heterocycles. The van der Waals surface area contributed by atoms with E-state index in [0.717, 1.165) is 43.4 Å². The fourth-order valence-corrected chi connectivity index (χ4v) is 3.86. The summed E-state index contributed by atoms with van der Waals surface area (Å²) in [5.74, 6) is -0.541. The second kappa shape index (κ2) is 11.3. The Hall–Kier alpha value is -4.25. The van der Waals surface area contributed by atoms with Gasteiger partial charge >= 0.3 is 0 Å². The molecule has 6 nitrogen and oxygen atoms in total. The second-order valence-electron chi connectivity index (χ2n) is 7.96. The van der Waals surface area contributed by atoms with Gasteiger partial charge in [-0.2, -0.15) is 5.26 Å². The van der Waals surface area contributed by atoms with Gasteiger partial charge in [0.15, 0.2) is 23.1 Å². The van der Waals surface area contributed by atoms with Crippen molar-refractivity contribution >= 4 is 29.5 Å². The van der Waals surface area contributed by atoms with Gasteiger partial charge in [0.25, 0.3) is 0 Å². The Morgan fingerprint density at radius 3 is 2.71 bits per heavy atom. The van der Waals surface area contributed by atoms with E-state index in [-0.39, 0.29) is 28.9 Å². The summed E-state index contributed by atoms with van der Waals surface area (Å²) in [4.78, 5) is 8.39. The molecule has 8 heteroatoms. The first-order valence-electron chi connectivity index (χ1n) is 11.2. The number of halogens is 2. The number of nitrogens with one attached hydrogen (secondary N) is 1. The Balaban J connectivity index is 1.58. The van der Waals surface area contributed by atoms with Crippen molar-refractivity contribution in [1.29, 1.82) is 5.26 Å². The minimum atomic E-state index is -1.04. The molecule has 0 amide bonds. The highest BCUT2D eigenvalue weighted by Crippen LogP contribution is 2.36. The van der Waals surface area contributed by atoms with Gasteiger partial charge in [-0.1, -0.05) is 12.1 Å². The highest BCUT2D eigenvalue weighted by Gasteiger charge is 2.20. The molecule has 0 bridgehead atoms. The molecule has 1 N–H and O–H groups in total. The van der Waals surface area contributed by atoms with Crippen LogP contribution in [0, 0.1) is 23.0 Å². The van der Waals surface area contributed by atoms with E-state index < -0.39 is 11.6 Å². The fourth-order valence-electron chi connectivity index (χ4n) is 3.86. The lowest BCUT2D eigenvalue weighted by Gasteiger charge is -2.17. The number of hydrogen-bond donors (Lipinski definition) is 1. The maximum atomic E-state index is 14.0.